The van der Waals surface area contributed by atoms with E-state index < -0.39 is 5.69 Å². The molecule has 7 nitrogen and oxygen atoms in total. The van der Waals surface area contributed by atoms with Crippen molar-refractivity contribution in [1.29, 1.82) is 0 Å². The first-order chi connectivity index (χ1) is 5.81. The minimum absolute atomic E-state index is 0.125. The van der Waals surface area contributed by atoms with Gasteiger partial charge in [0.1, 0.15) is 6.33 Å². The van der Waals surface area contributed by atoms with Gasteiger partial charge >= 0.3 is 11.7 Å². The maximum Gasteiger partial charge on any atom is 0.353 e. The van der Waals surface area contributed by atoms with Crippen LogP contribution in [0.3, 0.4) is 0 Å². The van der Waals surface area contributed by atoms with Gasteiger partial charge in [-0.25, -0.2) is 4.79 Å². The lowest BCUT2D eigenvalue weighted by atomic mass is 10.9. The van der Waals surface area contributed by atoms with Gasteiger partial charge in [0, 0.05) is 0 Å². The van der Waals surface area contributed by atoms with E-state index in [1.165, 1.54) is 13.4 Å². The number of fused-ring (bicyclic) bond motifs is 1. The van der Waals surface area contributed by atoms with Gasteiger partial charge in [0.2, 0.25) is 0 Å². The van der Waals surface area contributed by atoms with Crippen molar-refractivity contribution < 1.29 is 4.74 Å². The average molecular weight is 167 g/mol. The Labute approximate surface area is 66.0 Å². The second kappa shape index (κ2) is 2.29. The van der Waals surface area contributed by atoms with Gasteiger partial charge in [0.15, 0.2) is 0 Å². The second-order valence-electron chi connectivity index (χ2n) is 2.02. The fourth-order valence-electron chi connectivity index (χ4n) is 0.815. The Morgan fingerprint density at radius 3 is 3.25 bits per heavy atom. The highest BCUT2D eigenvalue weighted by atomic mass is 16.5. The van der Waals surface area contributed by atoms with Crippen molar-refractivity contribution in [3.05, 3.63) is 16.8 Å². The van der Waals surface area contributed by atoms with Gasteiger partial charge < -0.3 is 4.74 Å². The molecule has 0 bridgehead atoms. The molecule has 0 saturated heterocycles. The molecule has 0 radical (unpaired) electrons. The van der Waals surface area contributed by atoms with Crippen molar-refractivity contribution in [2.75, 3.05) is 7.11 Å². The van der Waals surface area contributed by atoms with E-state index in [9.17, 15) is 4.79 Å². The average Bonchev–Trinajstić information content (AvgIpc) is 2.52. The summed E-state index contributed by atoms with van der Waals surface area (Å²) in [4.78, 5) is 21.0. The van der Waals surface area contributed by atoms with E-state index in [2.05, 4.69) is 20.1 Å². The number of methoxy groups -OCH3 is 1. The van der Waals surface area contributed by atoms with Crippen LogP contribution in [0.2, 0.25) is 0 Å². The minimum Gasteiger partial charge on any atom is -0.468 e. The molecule has 2 heterocycles. The molecule has 2 aromatic heterocycles. The molecule has 2 rings (SSSR count). The van der Waals surface area contributed by atoms with Crippen molar-refractivity contribution in [2.24, 2.45) is 0 Å². The fraction of sp³-hybridized carbons (Fsp3) is 0.200. The molecular formula is C5H5N5O2. The molecule has 0 saturated carbocycles. The van der Waals surface area contributed by atoms with Crippen LogP contribution in [0.4, 0.5) is 0 Å². The van der Waals surface area contributed by atoms with Crippen LogP contribution >= 0.6 is 0 Å². The van der Waals surface area contributed by atoms with Gasteiger partial charge in [-0.05, 0) is 0 Å². The molecule has 0 aliphatic carbocycles. The van der Waals surface area contributed by atoms with E-state index in [4.69, 9.17) is 4.74 Å². The molecule has 0 aliphatic heterocycles. The van der Waals surface area contributed by atoms with E-state index in [-0.39, 0.29) is 11.8 Å². The van der Waals surface area contributed by atoms with E-state index >= 15 is 0 Å². The Morgan fingerprint density at radius 2 is 2.50 bits per heavy atom. The van der Waals surface area contributed by atoms with Crippen LogP contribution in [0.1, 0.15) is 0 Å². The summed E-state index contributed by atoms with van der Waals surface area (Å²) in [6.07, 6.45) is 1.25. The number of aromatic nitrogens is 5. The lowest BCUT2D eigenvalue weighted by molar-refractivity contribution is 0.376. The standard InChI is InChI=1S/C5H5N5O2/c1-12-4-8-3-6-2-7-10(3)5(11)9-4/h2H,1H3,(H,6,7,8,9,11). The van der Waals surface area contributed by atoms with Gasteiger partial charge in [0.05, 0.1) is 7.11 Å². The Morgan fingerprint density at radius 1 is 1.67 bits per heavy atom. The molecule has 0 unspecified atom stereocenters. The zero-order chi connectivity index (χ0) is 8.55. The highest BCUT2D eigenvalue weighted by molar-refractivity contribution is 5.24. The molecule has 0 atom stereocenters. The van der Waals surface area contributed by atoms with Crippen molar-refractivity contribution >= 4 is 5.78 Å². The molecule has 7 heteroatoms. The second-order valence-corrected chi connectivity index (χ2v) is 2.02. The van der Waals surface area contributed by atoms with Gasteiger partial charge in [-0.1, -0.05) is 0 Å². The molecule has 2 aromatic rings. The van der Waals surface area contributed by atoms with Crippen LogP contribution in [0.25, 0.3) is 5.78 Å². The molecule has 0 aromatic carbocycles. The van der Waals surface area contributed by atoms with Crippen molar-refractivity contribution in [2.45, 2.75) is 0 Å². The smallest absolute Gasteiger partial charge is 0.353 e. The third kappa shape index (κ3) is 0.831. The number of hydrogen-bond donors (Lipinski definition) is 1. The Hall–Kier alpha value is -1.92. The molecule has 0 aliphatic rings. The predicted molar refractivity (Wildman–Crippen MR) is 38.0 cm³/mol. The van der Waals surface area contributed by atoms with Crippen LogP contribution in [0, 0.1) is 0 Å². The number of nitrogens with zero attached hydrogens (tertiary/aromatic N) is 4. The normalized spacial score (nSPS) is 10.4. The lowest BCUT2D eigenvalue weighted by Gasteiger charge is -1.95. The number of hydrogen-bond acceptors (Lipinski definition) is 5. The Kier molecular flexibility index (Phi) is 1.29. The SMILES string of the molecule is COc1nc2ncnn2c(=O)[nH]1. The summed E-state index contributed by atoms with van der Waals surface area (Å²) in [5, 5.41) is 3.64. The highest BCUT2D eigenvalue weighted by Crippen LogP contribution is 1.96. The van der Waals surface area contributed by atoms with Crippen molar-refractivity contribution in [3.63, 3.8) is 0 Å². The van der Waals surface area contributed by atoms with E-state index in [0.29, 0.717) is 0 Å². The summed E-state index contributed by atoms with van der Waals surface area (Å²) in [5.41, 5.74) is -0.422. The molecule has 12 heavy (non-hydrogen) atoms. The molecule has 0 fully saturated rings. The maximum atomic E-state index is 11.1. The van der Waals surface area contributed by atoms with E-state index in [1.54, 1.807) is 0 Å². The fourth-order valence-corrected chi connectivity index (χ4v) is 0.815. The van der Waals surface area contributed by atoms with Crippen molar-refractivity contribution in [1.82, 2.24) is 24.6 Å². The van der Waals surface area contributed by atoms with E-state index in [1.807, 2.05) is 0 Å². The van der Waals surface area contributed by atoms with Crippen LogP contribution in [0.15, 0.2) is 11.1 Å². The Balaban J connectivity index is 2.84. The van der Waals surface area contributed by atoms with E-state index in [0.717, 1.165) is 4.52 Å². The van der Waals surface area contributed by atoms with Crippen LogP contribution < -0.4 is 10.4 Å². The quantitative estimate of drug-likeness (QED) is 0.577. The third-order valence-electron chi connectivity index (χ3n) is 1.33. The first kappa shape index (κ1) is 6.77. The molecule has 1 N–H and O–H groups in total. The molecular weight excluding hydrogens is 162 g/mol. The van der Waals surface area contributed by atoms with Crippen LogP contribution in [-0.2, 0) is 0 Å². The zero-order valence-corrected chi connectivity index (χ0v) is 6.18. The predicted octanol–water partition coefficient (Wildman–Crippen LogP) is -1.18. The third-order valence-corrected chi connectivity index (χ3v) is 1.33. The molecule has 62 valence electrons. The summed E-state index contributed by atoms with van der Waals surface area (Å²) in [6.45, 7) is 0. The zero-order valence-electron chi connectivity index (χ0n) is 6.18. The number of rotatable bonds is 1. The molecule has 0 amide bonds. The van der Waals surface area contributed by atoms with Crippen LogP contribution in [-0.4, -0.2) is 31.7 Å². The summed E-state index contributed by atoms with van der Waals surface area (Å²) < 4.78 is 5.77. The Bertz CT molecular complexity index is 458. The summed E-state index contributed by atoms with van der Waals surface area (Å²) in [7, 11) is 1.41. The van der Waals surface area contributed by atoms with Crippen molar-refractivity contribution in [3.8, 4) is 6.01 Å². The number of ether oxygens (including phenoxy) is 1. The first-order valence-electron chi connectivity index (χ1n) is 3.15. The number of H-pyrrole nitrogens is 1. The van der Waals surface area contributed by atoms with Gasteiger partial charge in [-0.15, -0.1) is 9.61 Å². The summed E-state index contributed by atoms with van der Waals surface area (Å²) in [6, 6.07) is 0.125. The summed E-state index contributed by atoms with van der Waals surface area (Å²) >= 11 is 0. The first-order valence-corrected chi connectivity index (χ1v) is 3.15. The number of nitrogens with one attached hydrogen (secondary N) is 1. The van der Waals surface area contributed by atoms with Gasteiger partial charge in [-0.2, -0.15) is 9.97 Å². The van der Waals surface area contributed by atoms with Crippen LogP contribution in [0.5, 0.6) is 6.01 Å². The van der Waals surface area contributed by atoms with Gasteiger partial charge in [-0.3, -0.25) is 4.98 Å². The highest BCUT2D eigenvalue weighted by Gasteiger charge is 2.03. The number of aromatic amines is 1. The lowest BCUT2D eigenvalue weighted by Crippen LogP contribution is -2.19. The molecule has 0 spiro atoms. The monoisotopic (exact) mass is 167 g/mol. The largest absolute Gasteiger partial charge is 0.468 e. The minimum atomic E-state index is -0.422. The maximum absolute atomic E-state index is 11.1. The summed E-state index contributed by atoms with van der Waals surface area (Å²) in [5.74, 6) is 0.218. The van der Waals surface area contributed by atoms with Gasteiger partial charge in [0.25, 0.3) is 5.78 Å². The topological polar surface area (TPSA) is 85.2 Å².